The third-order valence-corrected chi connectivity index (χ3v) is 2.16. The smallest absolute Gasteiger partial charge is 0.264 e. The third kappa shape index (κ3) is 1.40. The van der Waals surface area contributed by atoms with Crippen LogP contribution in [0.3, 0.4) is 0 Å². The van der Waals surface area contributed by atoms with Crippen molar-refractivity contribution in [2.45, 2.75) is 0 Å². The highest BCUT2D eigenvalue weighted by atomic mass is 35.5. The molecule has 1 rings (SSSR count). The zero-order valence-electron chi connectivity index (χ0n) is 4.76. The number of nitrogens with one attached hydrogen (secondary N) is 1. The SMILES string of the molecule is O=[NH+]c1csc(C(=O)Cl)c1. The second-order valence-electron chi connectivity index (χ2n) is 1.58. The van der Waals surface area contributed by atoms with Gasteiger partial charge in [0.1, 0.15) is 0 Å². The topological polar surface area (TPSA) is 48.1 Å². The molecule has 0 radical (unpaired) electrons. The molecule has 0 amide bonds. The summed E-state index contributed by atoms with van der Waals surface area (Å²) < 4.78 is 0. The molecule has 5 heteroatoms. The lowest BCUT2D eigenvalue weighted by atomic mass is 10.4. The highest BCUT2D eigenvalue weighted by molar-refractivity contribution is 7.14. The average molecular weight is 177 g/mol. The van der Waals surface area contributed by atoms with Crippen LogP contribution in [0.2, 0.25) is 0 Å². The van der Waals surface area contributed by atoms with E-state index in [0.29, 0.717) is 10.6 Å². The van der Waals surface area contributed by atoms with E-state index in [9.17, 15) is 9.70 Å². The molecule has 1 aromatic rings. The molecule has 0 bridgehead atoms. The van der Waals surface area contributed by atoms with Gasteiger partial charge in [0.15, 0.2) is 0 Å². The van der Waals surface area contributed by atoms with Gasteiger partial charge in [0.05, 0.1) is 10.3 Å². The van der Waals surface area contributed by atoms with Crippen molar-refractivity contribution in [3.8, 4) is 0 Å². The van der Waals surface area contributed by atoms with Gasteiger partial charge in [-0.05, 0) is 11.6 Å². The maximum atomic E-state index is 10.4. The van der Waals surface area contributed by atoms with E-state index in [1.165, 1.54) is 11.4 Å². The summed E-state index contributed by atoms with van der Waals surface area (Å²) in [5.74, 6) is 0. The van der Waals surface area contributed by atoms with Gasteiger partial charge in [-0.25, -0.2) is 0 Å². The minimum absolute atomic E-state index is 0.369. The summed E-state index contributed by atoms with van der Waals surface area (Å²) in [7, 11) is 0. The minimum atomic E-state index is -0.536. The van der Waals surface area contributed by atoms with Crippen LogP contribution in [-0.4, -0.2) is 5.24 Å². The van der Waals surface area contributed by atoms with Crippen LogP contribution in [0.25, 0.3) is 0 Å². The van der Waals surface area contributed by atoms with E-state index in [-0.39, 0.29) is 0 Å². The Kier molecular flexibility index (Phi) is 2.13. The zero-order valence-corrected chi connectivity index (χ0v) is 6.33. The monoisotopic (exact) mass is 176 g/mol. The maximum absolute atomic E-state index is 10.4. The van der Waals surface area contributed by atoms with Crippen molar-refractivity contribution in [2.75, 3.05) is 0 Å². The number of hydrogen-bond donors (Lipinski definition) is 1. The standard InChI is InChI=1S/C5H2ClNO2S/c6-5(8)4-1-3(7-9)2-10-4/h1-2H/p+1. The molecular weight excluding hydrogens is 174 g/mol. The lowest BCUT2D eigenvalue weighted by Crippen LogP contribution is -2.55. The molecule has 10 heavy (non-hydrogen) atoms. The fourth-order valence-corrected chi connectivity index (χ4v) is 1.34. The number of halogens is 1. The van der Waals surface area contributed by atoms with Crippen LogP contribution in [0.15, 0.2) is 11.4 Å². The minimum Gasteiger partial charge on any atom is -0.275 e. The Balaban J connectivity index is 2.98. The summed E-state index contributed by atoms with van der Waals surface area (Å²) in [5, 5.41) is 2.65. The Hall–Kier alpha value is -0.740. The first kappa shape index (κ1) is 7.37. The number of nitroso groups, excluding NO2 is 1. The molecule has 0 spiro atoms. The van der Waals surface area contributed by atoms with Gasteiger partial charge in [0, 0.05) is 16.2 Å². The molecule has 0 atom stereocenters. The van der Waals surface area contributed by atoms with Crippen molar-refractivity contribution < 1.29 is 9.97 Å². The number of carbonyl (C=O) groups is 1. The van der Waals surface area contributed by atoms with E-state index < -0.39 is 5.24 Å². The maximum Gasteiger partial charge on any atom is 0.264 e. The normalized spacial score (nSPS) is 9.30. The first-order chi connectivity index (χ1) is 4.74. The van der Waals surface area contributed by atoms with Crippen LogP contribution in [0, 0.1) is 4.91 Å². The summed E-state index contributed by atoms with van der Waals surface area (Å²) in [6.07, 6.45) is 0. The summed E-state index contributed by atoms with van der Waals surface area (Å²) in [4.78, 5) is 20.8. The molecule has 3 nitrogen and oxygen atoms in total. The van der Waals surface area contributed by atoms with Crippen molar-refractivity contribution in [2.24, 2.45) is 0 Å². The predicted molar refractivity (Wildman–Crippen MR) is 38.5 cm³/mol. The van der Waals surface area contributed by atoms with E-state index in [2.05, 4.69) is 0 Å². The number of rotatable bonds is 2. The second kappa shape index (κ2) is 2.90. The predicted octanol–water partition coefficient (Wildman–Crippen LogP) is 0.606. The van der Waals surface area contributed by atoms with E-state index in [0.717, 1.165) is 11.3 Å². The van der Waals surface area contributed by atoms with E-state index in [1.54, 1.807) is 5.18 Å². The molecule has 0 aliphatic heterocycles. The lowest BCUT2D eigenvalue weighted by Gasteiger charge is -1.75. The molecule has 0 saturated heterocycles. The van der Waals surface area contributed by atoms with Crippen LogP contribution in [0.4, 0.5) is 5.69 Å². The number of hydrogen-bond acceptors (Lipinski definition) is 3. The molecule has 1 heterocycles. The fraction of sp³-hybridized carbons (Fsp3) is 0. The summed E-state index contributed by atoms with van der Waals surface area (Å²) >= 11 is 6.25. The van der Waals surface area contributed by atoms with Gasteiger partial charge in [-0.15, -0.1) is 11.3 Å². The summed E-state index contributed by atoms with van der Waals surface area (Å²) in [6.45, 7) is 0. The molecule has 0 fully saturated rings. The van der Waals surface area contributed by atoms with E-state index in [1.807, 2.05) is 0 Å². The van der Waals surface area contributed by atoms with E-state index >= 15 is 0 Å². The largest absolute Gasteiger partial charge is 0.275 e. The zero-order chi connectivity index (χ0) is 7.56. The summed E-state index contributed by atoms with van der Waals surface area (Å²) in [6, 6.07) is 1.41. The van der Waals surface area contributed by atoms with Gasteiger partial charge < -0.3 is 0 Å². The highest BCUT2D eigenvalue weighted by Gasteiger charge is 2.08. The Bertz CT molecular complexity index is 270. The van der Waals surface area contributed by atoms with Gasteiger partial charge in [-0.1, -0.05) is 0 Å². The van der Waals surface area contributed by atoms with Gasteiger partial charge in [0.25, 0.3) is 10.9 Å². The molecule has 52 valence electrons. The Morgan fingerprint density at radius 1 is 1.70 bits per heavy atom. The molecule has 0 unspecified atom stereocenters. The van der Waals surface area contributed by atoms with Crippen molar-refractivity contribution in [1.82, 2.24) is 0 Å². The number of thiophene rings is 1. The molecule has 0 aromatic carbocycles. The van der Waals surface area contributed by atoms with Crippen LogP contribution < -0.4 is 5.18 Å². The van der Waals surface area contributed by atoms with Crippen molar-refractivity contribution in [3.63, 3.8) is 0 Å². The lowest BCUT2D eigenvalue weighted by molar-refractivity contribution is -0.379. The van der Waals surface area contributed by atoms with Crippen molar-refractivity contribution >= 4 is 33.9 Å². The van der Waals surface area contributed by atoms with Crippen LogP contribution in [-0.2, 0) is 0 Å². The molecular formula is C5H3ClNO2S+. The van der Waals surface area contributed by atoms with Gasteiger partial charge >= 0.3 is 0 Å². The van der Waals surface area contributed by atoms with Crippen LogP contribution in [0.5, 0.6) is 0 Å². The molecule has 0 aliphatic rings. The molecule has 0 saturated carbocycles. The second-order valence-corrected chi connectivity index (χ2v) is 2.83. The van der Waals surface area contributed by atoms with Crippen LogP contribution >= 0.6 is 22.9 Å². The molecule has 0 aliphatic carbocycles. The Morgan fingerprint density at radius 2 is 2.40 bits per heavy atom. The third-order valence-electron chi connectivity index (χ3n) is 0.911. The molecule has 1 aromatic heterocycles. The first-order valence-corrected chi connectivity index (χ1v) is 3.66. The number of carbonyl (C=O) groups excluding carboxylic acids is 1. The average Bonchev–Trinajstić information content (AvgIpc) is 2.34. The highest BCUT2D eigenvalue weighted by Crippen LogP contribution is 2.16. The van der Waals surface area contributed by atoms with E-state index in [4.69, 9.17) is 11.6 Å². The summed E-state index contributed by atoms with van der Waals surface area (Å²) in [5.41, 5.74) is 0.369. The van der Waals surface area contributed by atoms with Gasteiger partial charge in [-0.3, -0.25) is 4.79 Å². The van der Waals surface area contributed by atoms with Crippen LogP contribution in [0.1, 0.15) is 9.67 Å². The quantitative estimate of drug-likeness (QED) is 0.672. The Morgan fingerprint density at radius 3 is 2.70 bits per heavy atom. The Labute approximate surface area is 65.6 Å². The molecule has 1 N–H and O–H groups in total. The fourth-order valence-electron chi connectivity index (χ4n) is 0.493. The van der Waals surface area contributed by atoms with Gasteiger partial charge in [0.2, 0.25) is 0 Å². The first-order valence-electron chi connectivity index (χ1n) is 2.40. The van der Waals surface area contributed by atoms with Crippen molar-refractivity contribution in [1.29, 1.82) is 0 Å². The van der Waals surface area contributed by atoms with Crippen molar-refractivity contribution in [3.05, 3.63) is 21.2 Å². The van der Waals surface area contributed by atoms with Gasteiger partial charge in [-0.2, -0.15) is 0 Å².